The van der Waals surface area contributed by atoms with Crippen LogP contribution in [0, 0.1) is 6.92 Å². The highest BCUT2D eigenvalue weighted by Crippen LogP contribution is 2.43. The van der Waals surface area contributed by atoms with Gasteiger partial charge in [-0.15, -0.1) is 0 Å². The fourth-order valence-corrected chi connectivity index (χ4v) is 6.67. The van der Waals surface area contributed by atoms with Crippen molar-refractivity contribution in [3.05, 3.63) is 129 Å². The van der Waals surface area contributed by atoms with Crippen LogP contribution in [0.2, 0.25) is 0 Å². The molecule has 1 saturated heterocycles. The van der Waals surface area contributed by atoms with Crippen molar-refractivity contribution in [2.24, 2.45) is 0 Å². The first-order valence-corrected chi connectivity index (χ1v) is 17.5. The molecule has 0 N–H and O–H groups in total. The van der Waals surface area contributed by atoms with Crippen molar-refractivity contribution in [3.63, 3.8) is 0 Å². The van der Waals surface area contributed by atoms with Crippen LogP contribution >= 0.6 is 15.9 Å². The first-order chi connectivity index (χ1) is 23.8. The Morgan fingerprint density at radius 2 is 1.57 bits per heavy atom. The van der Waals surface area contributed by atoms with Gasteiger partial charge in [-0.1, -0.05) is 78.9 Å². The molecule has 1 amide bonds. The van der Waals surface area contributed by atoms with Crippen molar-refractivity contribution in [1.29, 1.82) is 0 Å². The fraction of sp³-hybridized carbons (Fsp3) is 0.375. The lowest BCUT2D eigenvalue weighted by Crippen LogP contribution is -2.36. The second-order valence-corrected chi connectivity index (χ2v) is 12.9. The summed E-state index contributed by atoms with van der Waals surface area (Å²) in [5.41, 5.74) is 6.31. The van der Waals surface area contributed by atoms with Gasteiger partial charge in [0.1, 0.15) is 11.5 Å². The van der Waals surface area contributed by atoms with Gasteiger partial charge in [0.25, 0.3) is 5.91 Å². The van der Waals surface area contributed by atoms with Crippen LogP contribution in [0.5, 0.6) is 11.5 Å². The van der Waals surface area contributed by atoms with Gasteiger partial charge in [-0.3, -0.25) is 9.63 Å². The Morgan fingerprint density at radius 3 is 2.22 bits per heavy atom. The average Bonchev–Trinajstić information content (AvgIpc) is 3.13. The molecule has 1 heterocycles. The summed E-state index contributed by atoms with van der Waals surface area (Å²) in [5, 5.41) is 1.16. The van der Waals surface area contributed by atoms with E-state index in [1.54, 1.807) is 7.05 Å². The Bertz CT molecular complexity index is 1620. The smallest absolute Gasteiger partial charge is 0.283 e. The van der Waals surface area contributed by atoms with E-state index in [1.807, 2.05) is 62.4 Å². The lowest BCUT2D eigenvalue weighted by molar-refractivity contribution is -0.170. The number of carbonyl (C=O) groups excluding carboxylic acids is 1. The fourth-order valence-electron chi connectivity index (χ4n) is 5.89. The summed E-state index contributed by atoms with van der Waals surface area (Å²) in [5.74, 6) is 1.14. The Balaban J connectivity index is 1.43. The van der Waals surface area contributed by atoms with Gasteiger partial charge in [0, 0.05) is 19.9 Å². The summed E-state index contributed by atoms with van der Waals surface area (Å²) in [6, 6.07) is 30.7. The molecule has 8 nitrogen and oxygen atoms in total. The summed E-state index contributed by atoms with van der Waals surface area (Å²) >= 11 is 3.87. The number of benzene rings is 4. The van der Waals surface area contributed by atoms with E-state index in [0.717, 1.165) is 48.7 Å². The van der Waals surface area contributed by atoms with Gasteiger partial charge >= 0.3 is 0 Å². The molecule has 260 valence electrons. The SMILES string of the molecule is CCOc1ccc(Cc2cc(C3CC(OCc4ccccc4)CC(COCc4ccccc4)O3)c(Br)c(OCC(=O)N(C)OC)c2C)cc1. The van der Waals surface area contributed by atoms with E-state index in [4.69, 9.17) is 28.5 Å². The zero-order valence-electron chi connectivity index (χ0n) is 28.7. The number of hydrogen-bond donors (Lipinski definition) is 0. The van der Waals surface area contributed by atoms with Crippen LogP contribution < -0.4 is 9.47 Å². The van der Waals surface area contributed by atoms with Crippen molar-refractivity contribution in [2.45, 2.75) is 64.6 Å². The number of amides is 1. The molecule has 49 heavy (non-hydrogen) atoms. The summed E-state index contributed by atoms with van der Waals surface area (Å²) in [4.78, 5) is 17.8. The van der Waals surface area contributed by atoms with E-state index in [1.165, 1.54) is 7.11 Å². The molecule has 0 aliphatic carbocycles. The van der Waals surface area contributed by atoms with E-state index < -0.39 is 0 Å². The third-order valence-electron chi connectivity index (χ3n) is 8.65. The molecule has 4 aromatic rings. The Labute approximate surface area is 298 Å². The van der Waals surface area contributed by atoms with E-state index >= 15 is 0 Å². The molecule has 3 unspecified atom stereocenters. The number of rotatable bonds is 16. The van der Waals surface area contributed by atoms with Gasteiger partial charge in [0.2, 0.25) is 0 Å². The maximum Gasteiger partial charge on any atom is 0.283 e. The second-order valence-electron chi connectivity index (χ2n) is 12.1. The normalized spacial score (nSPS) is 17.4. The predicted octanol–water partition coefficient (Wildman–Crippen LogP) is 8.17. The van der Waals surface area contributed by atoms with Crippen LogP contribution in [-0.4, -0.2) is 57.2 Å². The summed E-state index contributed by atoms with van der Waals surface area (Å²) in [7, 11) is 3.01. The Morgan fingerprint density at radius 1 is 0.898 bits per heavy atom. The van der Waals surface area contributed by atoms with Crippen LogP contribution in [0.1, 0.15) is 59.3 Å². The molecule has 1 aliphatic rings. The zero-order valence-corrected chi connectivity index (χ0v) is 30.3. The topological polar surface area (TPSA) is 75.7 Å². The number of nitrogens with zero attached hydrogens (tertiary/aromatic N) is 1. The molecule has 0 saturated carbocycles. The molecule has 4 aromatic carbocycles. The highest BCUT2D eigenvalue weighted by Gasteiger charge is 2.34. The maximum atomic E-state index is 12.7. The molecule has 0 aromatic heterocycles. The lowest BCUT2D eigenvalue weighted by atomic mass is 9.91. The Hall–Kier alpha value is -3.73. The molecule has 5 rings (SSSR count). The summed E-state index contributed by atoms with van der Waals surface area (Å²) in [6.45, 7) is 5.87. The highest BCUT2D eigenvalue weighted by atomic mass is 79.9. The zero-order chi connectivity index (χ0) is 34.6. The van der Waals surface area contributed by atoms with Gasteiger partial charge < -0.3 is 23.7 Å². The van der Waals surface area contributed by atoms with E-state index in [0.29, 0.717) is 51.4 Å². The monoisotopic (exact) mass is 731 g/mol. The predicted molar refractivity (Wildman–Crippen MR) is 193 cm³/mol. The van der Waals surface area contributed by atoms with Gasteiger partial charge in [-0.25, -0.2) is 5.06 Å². The molecule has 0 radical (unpaired) electrons. The van der Waals surface area contributed by atoms with Crippen LogP contribution in [0.15, 0.2) is 95.5 Å². The van der Waals surface area contributed by atoms with E-state index in [9.17, 15) is 4.79 Å². The number of halogens is 1. The first kappa shape index (κ1) is 36.5. The minimum Gasteiger partial charge on any atom is -0.494 e. The summed E-state index contributed by atoms with van der Waals surface area (Å²) < 4.78 is 32.1. The van der Waals surface area contributed by atoms with Gasteiger partial charge in [-0.2, -0.15) is 0 Å². The molecular weight excluding hydrogens is 686 g/mol. The standard InChI is InChI=1S/C40H46BrNO7/c1-5-46-33-18-16-29(17-19-33)20-32-21-36(39(41)40(28(32)2)48-27-38(43)42(3)44-4)37-23-34(47-25-31-14-10-7-11-15-31)22-35(49-37)26-45-24-30-12-8-6-9-13-30/h6-19,21,34-35,37H,5,20,22-27H2,1-4H3. The molecule has 1 fully saturated rings. The molecule has 0 spiro atoms. The van der Waals surface area contributed by atoms with Crippen molar-refractivity contribution < 1.29 is 33.3 Å². The lowest BCUT2D eigenvalue weighted by Gasteiger charge is -2.36. The van der Waals surface area contributed by atoms with Gasteiger partial charge in [0.05, 0.1) is 56.3 Å². The quantitative estimate of drug-likeness (QED) is 0.108. The van der Waals surface area contributed by atoms with E-state index in [2.05, 4.69) is 58.4 Å². The molecule has 1 aliphatic heterocycles. The number of hydrogen-bond acceptors (Lipinski definition) is 7. The average molecular weight is 733 g/mol. The summed E-state index contributed by atoms with van der Waals surface area (Å²) in [6.07, 6.45) is 1.46. The minimum absolute atomic E-state index is 0.0617. The minimum atomic E-state index is -0.311. The van der Waals surface area contributed by atoms with Crippen molar-refractivity contribution in [2.75, 3.05) is 34.0 Å². The van der Waals surface area contributed by atoms with Gasteiger partial charge in [-0.05, 0) is 81.7 Å². The molecular formula is C40H46BrNO7. The van der Waals surface area contributed by atoms with Crippen molar-refractivity contribution in [3.8, 4) is 11.5 Å². The van der Waals surface area contributed by atoms with Crippen LogP contribution in [0.25, 0.3) is 0 Å². The third-order valence-corrected chi connectivity index (χ3v) is 9.47. The van der Waals surface area contributed by atoms with Crippen LogP contribution in [-0.2, 0) is 43.5 Å². The third kappa shape index (κ3) is 10.4. The molecule has 0 bridgehead atoms. The Kier molecular flexibility index (Phi) is 13.7. The maximum absolute atomic E-state index is 12.7. The van der Waals surface area contributed by atoms with Gasteiger partial charge in [0.15, 0.2) is 6.61 Å². The number of carbonyl (C=O) groups is 1. The van der Waals surface area contributed by atoms with Crippen molar-refractivity contribution in [1.82, 2.24) is 5.06 Å². The molecule has 9 heteroatoms. The first-order valence-electron chi connectivity index (χ1n) is 16.7. The van der Waals surface area contributed by atoms with E-state index in [-0.39, 0.29) is 30.8 Å². The largest absolute Gasteiger partial charge is 0.494 e. The second kappa shape index (κ2) is 18.3. The molecule has 3 atom stereocenters. The number of likely N-dealkylation sites (N-methyl/N-ethyl adjacent to an activating group) is 1. The van der Waals surface area contributed by atoms with Crippen LogP contribution in [0.3, 0.4) is 0 Å². The number of ether oxygens (including phenoxy) is 5. The number of hydroxylamine groups is 2. The van der Waals surface area contributed by atoms with Crippen LogP contribution in [0.4, 0.5) is 0 Å². The van der Waals surface area contributed by atoms with Crippen molar-refractivity contribution >= 4 is 21.8 Å². The highest BCUT2D eigenvalue weighted by molar-refractivity contribution is 9.10.